The summed E-state index contributed by atoms with van der Waals surface area (Å²) in [6.45, 7) is 0.316. The van der Waals surface area contributed by atoms with Crippen LogP contribution in [0.1, 0.15) is 15.9 Å². The van der Waals surface area contributed by atoms with Crippen LogP contribution in [-0.2, 0) is 6.61 Å². The zero-order chi connectivity index (χ0) is 22.5. The third-order valence-electron chi connectivity index (χ3n) is 4.60. The summed E-state index contributed by atoms with van der Waals surface area (Å²) in [5.41, 5.74) is 1.80. The molecule has 1 heterocycles. The van der Waals surface area contributed by atoms with Crippen molar-refractivity contribution in [3.05, 3.63) is 95.3 Å². The van der Waals surface area contributed by atoms with Gasteiger partial charge in [0.1, 0.15) is 24.9 Å². The van der Waals surface area contributed by atoms with Gasteiger partial charge in [0.25, 0.3) is 5.91 Å². The van der Waals surface area contributed by atoms with Crippen LogP contribution in [0.3, 0.4) is 0 Å². The van der Waals surface area contributed by atoms with Gasteiger partial charge in [-0.25, -0.2) is 14.1 Å². The van der Waals surface area contributed by atoms with Crippen molar-refractivity contribution < 1.29 is 18.7 Å². The molecule has 1 amide bonds. The van der Waals surface area contributed by atoms with Crippen LogP contribution in [0.15, 0.2) is 73.3 Å². The first kappa shape index (κ1) is 21.3. The molecule has 4 aromatic rings. The number of amides is 1. The molecule has 0 bridgehead atoms. The lowest BCUT2D eigenvalue weighted by Crippen LogP contribution is -2.13. The SMILES string of the molecule is COc1cc(C(=O)Nc2ccc(-n3cncn3)c(F)c2)ccc1OCc1ccc(Cl)cc1. The van der Waals surface area contributed by atoms with Gasteiger partial charge in [-0.1, -0.05) is 23.7 Å². The summed E-state index contributed by atoms with van der Waals surface area (Å²) in [5, 5.41) is 7.22. The lowest BCUT2D eigenvalue weighted by molar-refractivity contribution is 0.102. The van der Waals surface area contributed by atoms with Crippen LogP contribution in [0.2, 0.25) is 5.02 Å². The molecule has 162 valence electrons. The maximum atomic E-state index is 14.4. The largest absolute Gasteiger partial charge is 0.493 e. The Kier molecular flexibility index (Phi) is 6.32. The van der Waals surface area contributed by atoms with Crippen molar-refractivity contribution >= 4 is 23.2 Å². The third kappa shape index (κ3) is 4.87. The van der Waals surface area contributed by atoms with Gasteiger partial charge in [0.15, 0.2) is 17.3 Å². The predicted octanol–water partition coefficient (Wildman–Crippen LogP) is 4.90. The molecule has 7 nitrogen and oxygen atoms in total. The van der Waals surface area contributed by atoms with Crippen molar-refractivity contribution in [1.29, 1.82) is 0 Å². The summed E-state index contributed by atoms with van der Waals surface area (Å²) < 4.78 is 26.9. The second-order valence-electron chi connectivity index (χ2n) is 6.74. The van der Waals surface area contributed by atoms with Gasteiger partial charge in [-0.2, -0.15) is 5.10 Å². The van der Waals surface area contributed by atoms with Crippen LogP contribution >= 0.6 is 11.6 Å². The highest BCUT2D eigenvalue weighted by Crippen LogP contribution is 2.29. The summed E-state index contributed by atoms with van der Waals surface area (Å²) in [4.78, 5) is 16.5. The van der Waals surface area contributed by atoms with Crippen molar-refractivity contribution in [3.8, 4) is 17.2 Å². The molecule has 9 heteroatoms. The zero-order valence-corrected chi connectivity index (χ0v) is 17.7. The van der Waals surface area contributed by atoms with E-state index in [-0.39, 0.29) is 5.69 Å². The van der Waals surface area contributed by atoms with E-state index < -0.39 is 11.7 Å². The average Bonchev–Trinajstić information content (AvgIpc) is 3.33. The molecule has 32 heavy (non-hydrogen) atoms. The highest BCUT2D eigenvalue weighted by molar-refractivity contribution is 6.30. The van der Waals surface area contributed by atoms with Crippen molar-refractivity contribution in [2.24, 2.45) is 0 Å². The van der Waals surface area contributed by atoms with E-state index in [0.29, 0.717) is 34.4 Å². The van der Waals surface area contributed by atoms with Crippen molar-refractivity contribution in [2.45, 2.75) is 6.61 Å². The normalized spacial score (nSPS) is 10.6. The van der Waals surface area contributed by atoms with Gasteiger partial charge in [-0.05, 0) is 54.1 Å². The van der Waals surface area contributed by atoms with E-state index in [1.807, 2.05) is 12.1 Å². The molecule has 0 aliphatic carbocycles. The Morgan fingerprint density at radius 3 is 2.59 bits per heavy atom. The molecule has 1 N–H and O–H groups in total. The minimum atomic E-state index is -0.545. The van der Waals surface area contributed by atoms with Crippen molar-refractivity contribution in [3.63, 3.8) is 0 Å². The first-order valence-electron chi connectivity index (χ1n) is 9.54. The number of hydrogen-bond acceptors (Lipinski definition) is 5. The quantitative estimate of drug-likeness (QED) is 0.431. The fraction of sp³-hybridized carbons (Fsp3) is 0.0870. The minimum absolute atomic E-state index is 0.226. The van der Waals surface area contributed by atoms with Gasteiger partial charge < -0.3 is 14.8 Å². The van der Waals surface area contributed by atoms with E-state index in [4.69, 9.17) is 21.1 Å². The number of anilines is 1. The van der Waals surface area contributed by atoms with Gasteiger partial charge >= 0.3 is 0 Å². The molecule has 1 aromatic heterocycles. The van der Waals surface area contributed by atoms with E-state index in [2.05, 4.69) is 15.4 Å². The first-order chi connectivity index (χ1) is 15.5. The van der Waals surface area contributed by atoms with Crippen LogP contribution in [0, 0.1) is 5.82 Å². The van der Waals surface area contributed by atoms with Gasteiger partial charge in [-0.15, -0.1) is 0 Å². The number of hydrogen-bond donors (Lipinski definition) is 1. The summed E-state index contributed by atoms with van der Waals surface area (Å²) in [5.74, 6) is -0.0705. The van der Waals surface area contributed by atoms with Crippen molar-refractivity contribution in [1.82, 2.24) is 14.8 Å². The number of rotatable bonds is 7. The first-order valence-corrected chi connectivity index (χ1v) is 9.92. The second kappa shape index (κ2) is 9.49. The topological polar surface area (TPSA) is 78.3 Å². The molecule has 0 aliphatic rings. The second-order valence-corrected chi connectivity index (χ2v) is 7.18. The monoisotopic (exact) mass is 452 g/mol. The highest BCUT2D eigenvalue weighted by Gasteiger charge is 2.13. The maximum absolute atomic E-state index is 14.4. The summed E-state index contributed by atoms with van der Waals surface area (Å²) in [6, 6.07) is 16.4. The van der Waals surface area contributed by atoms with Gasteiger partial charge in [-0.3, -0.25) is 4.79 Å². The molecule has 0 unspecified atom stereocenters. The summed E-state index contributed by atoms with van der Waals surface area (Å²) >= 11 is 5.90. The van der Waals surface area contributed by atoms with Crippen LogP contribution in [0.4, 0.5) is 10.1 Å². The lowest BCUT2D eigenvalue weighted by Gasteiger charge is -2.13. The van der Waals surface area contributed by atoms with E-state index in [9.17, 15) is 9.18 Å². The number of methoxy groups -OCH3 is 1. The maximum Gasteiger partial charge on any atom is 0.255 e. The average molecular weight is 453 g/mol. The van der Waals surface area contributed by atoms with E-state index in [1.165, 1.54) is 36.6 Å². The summed E-state index contributed by atoms with van der Waals surface area (Å²) in [7, 11) is 1.49. The van der Waals surface area contributed by atoms with Crippen molar-refractivity contribution in [2.75, 3.05) is 12.4 Å². The molecule has 0 fully saturated rings. The number of nitrogens with one attached hydrogen (secondary N) is 1. The predicted molar refractivity (Wildman–Crippen MR) is 118 cm³/mol. The number of carbonyl (C=O) groups excluding carboxylic acids is 1. The molecule has 0 radical (unpaired) electrons. The number of carbonyl (C=O) groups is 1. The molecular formula is C23H18ClFN4O3. The molecule has 3 aromatic carbocycles. The number of nitrogens with zero attached hydrogens (tertiary/aromatic N) is 3. The molecule has 4 rings (SSSR count). The molecule has 0 spiro atoms. The number of halogens is 2. The molecular weight excluding hydrogens is 435 g/mol. The molecule has 0 saturated carbocycles. The standard InChI is InChI=1S/C23H18ClFN4O3/c1-31-22-10-16(4-9-21(22)32-12-15-2-5-17(24)6-3-15)23(30)28-18-7-8-20(19(25)11-18)29-14-26-13-27-29/h2-11,13-14H,12H2,1H3,(H,28,30). The molecule has 0 saturated heterocycles. The van der Waals surface area contributed by atoms with Crippen LogP contribution < -0.4 is 14.8 Å². The van der Waals surface area contributed by atoms with Gasteiger partial charge in [0.05, 0.1) is 7.11 Å². The van der Waals surface area contributed by atoms with E-state index >= 15 is 0 Å². The summed E-state index contributed by atoms with van der Waals surface area (Å²) in [6.07, 6.45) is 2.70. The Hall–Kier alpha value is -3.91. The van der Waals surface area contributed by atoms with Gasteiger partial charge in [0.2, 0.25) is 0 Å². The Bertz CT molecular complexity index is 1230. The van der Waals surface area contributed by atoms with E-state index in [0.717, 1.165) is 5.56 Å². The fourth-order valence-electron chi connectivity index (χ4n) is 2.98. The number of aromatic nitrogens is 3. The lowest BCUT2D eigenvalue weighted by atomic mass is 10.1. The van der Waals surface area contributed by atoms with Gasteiger partial charge in [0, 0.05) is 16.3 Å². The molecule has 0 aliphatic heterocycles. The minimum Gasteiger partial charge on any atom is -0.493 e. The Labute approximate surface area is 188 Å². The highest BCUT2D eigenvalue weighted by atomic mass is 35.5. The Morgan fingerprint density at radius 2 is 1.91 bits per heavy atom. The smallest absolute Gasteiger partial charge is 0.255 e. The fourth-order valence-corrected chi connectivity index (χ4v) is 3.10. The molecule has 0 atom stereocenters. The third-order valence-corrected chi connectivity index (χ3v) is 4.86. The Morgan fingerprint density at radius 1 is 1.09 bits per heavy atom. The number of benzene rings is 3. The van der Waals surface area contributed by atoms with Crippen LogP contribution in [0.5, 0.6) is 11.5 Å². The number of ether oxygens (including phenoxy) is 2. The Balaban J connectivity index is 1.45. The van der Waals surface area contributed by atoms with Crippen LogP contribution in [-0.4, -0.2) is 27.8 Å². The van der Waals surface area contributed by atoms with E-state index in [1.54, 1.807) is 36.4 Å². The van der Waals surface area contributed by atoms with Crippen LogP contribution in [0.25, 0.3) is 5.69 Å². The zero-order valence-electron chi connectivity index (χ0n) is 17.0.